The molecule has 28 heavy (non-hydrogen) atoms. The van der Waals surface area contributed by atoms with Gasteiger partial charge in [0, 0.05) is 6.61 Å². The van der Waals surface area contributed by atoms with Crippen molar-refractivity contribution in [3.8, 4) is 0 Å². The lowest BCUT2D eigenvalue weighted by molar-refractivity contribution is -0.213. The Balaban J connectivity index is 2.86. The highest BCUT2D eigenvalue weighted by atomic mass is 28.3. The standard InChI is InChI=1S/C19H35N5O3Si/c1-9-18(25,24-12-23-14-15(20)21-11-22-16(14)24)19(26,13(3)27-10-2)28(7,8)17(4,5)6/h11-13,25-26H,9-10H2,1-8H3,(H2,20,21,22). The van der Waals surface area contributed by atoms with Crippen LogP contribution in [0.5, 0.6) is 0 Å². The number of anilines is 1. The summed E-state index contributed by atoms with van der Waals surface area (Å²) >= 11 is 0. The molecule has 2 aromatic rings. The van der Waals surface area contributed by atoms with Gasteiger partial charge in [-0.25, -0.2) is 15.0 Å². The molecule has 0 saturated heterocycles. The van der Waals surface area contributed by atoms with Crippen molar-refractivity contribution >= 4 is 25.1 Å². The van der Waals surface area contributed by atoms with E-state index in [0.29, 0.717) is 17.8 Å². The number of imidazole rings is 1. The lowest BCUT2D eigenvalue weighted by Crippen LogP contribution is -2.76. The Morgan fingerprint density at radius 1 is 1.18 bits per heavy atom. The van der Waals surface area contributed by atoms with Gasteiger partial charge >= 0.3 is 0 Å². The predicted octanol–water partition coefficient (Wildman–Crippen LogP) is 2.67. The summed E-state index contributed by atoms with van der Waals surface area (Å²) in [7, 11) is -2.62. The fourth-order valence-electron chi connectivity index (χ4n) is 4.02. The molecule has 3 atom stereocenters. The van der Waals surface area contributed by atoms with Crippen LogP contribution in [0, 0.1) is 0 Å². The van der Waals surface area contributed by atoms with Crippen molar-refractivity contribution < 1.29 is 14.9 Å². The van der Waals surface area contributed by atoms with Crippen LogP contribution in [0.1, 0.15) is 48.0 Å². The summed E-state index contributed by atoms with van der Waals surface area (Å²) in [5, 5.41) is 22.7. The molecule has 4 N–H and O–H groups in total. The Kier molecular flexibility index (Phi) is 5.98. The van der Waals surface area contributed by atoms with Gasteiger partial charge in [-0.3, -0.25) is 4.57 Å². The molecule has 0 aliphatic heterocycles. The highest BCUT2D eigenvalue weighted by Crippen LogP contribution is 2.52. The number of nitrogens with zero attached hydrogens (tertiary/aromatic N) is 4. The Morgan fingerprint density at radius 2 is 1.79 bits per heavy atom. The molecule has 9 heteroatoms. The monoisotopic (exact) mass is 409 g/mol. The van der Waals surface area contributed by atoms with Gasteiger partial charge in [-0.15, -0.1) is 0 Å². The van der Waals surface area contributed by atoms with Crippen molar-refractivity contribution in [3.63, 3.8) is 0 Å². The Bertz CT molecular complexity index is 835. The Labute approximate surface area is 168 Å². The van der Waals surface area contributed by atoms with Gasteiger partial charge in [-0.1, -0.05) is 40.8 Å². The van der Waals surface area contributed by atoms with E-state index in [9.17, 15) is 10.2 Å². The third-order valence-electron chi connectivity index (χ3n) is 6.70. The van der Waals surface area contributed by atoms with E-state index in [4.69, 9.17) is 10.5 Å². The molecular formula is C19H35N5O3Si. The SMILES string of the molecule is CCOC(C)C(O)(C(O)(CC)n1cnc2c(N)ncnc21)[Si](C)(C)C(C)(C)C. The average molecular weight is 410 g/mol. The molecule has 2 rings (SSSR count). The molecule has 0 aliphatic rings. The molecule has 0 aromatic carbocycles. The van der Waals surface area contributed by atoms with Gasteiger partial charge in [-0.05, 0) is 25.3 Å². The van der Waals surface area contributed by atoms with Crippen LogP contribution in [0.4, 0.5) is 5.82 Å². The van der Waals surface area contributed by atoms with Crippen LogP contribution in [0.3, 0.4) is 0 Å². The summed E-state index contributed by atoms with van der Waals surface area (Å²) in [6.45, 7) is 16.5. The summed E-state index contributed by atoms with van der Waals surface area (Å²) in [5.41, 5.74) is 5.03. The van der Waals surface area contributed by atoms with E-state index in [0.717, 1.165) is 0 Å². The molecule has 0 aliphatic carbocycles. The molecule has 3 unspecified atom stereocenters. The van der Waals surface area contributed by atoms with Crippen molar-refractivity contribution in [1.29, 1.82) is 0 Å². The molecule has 0 spiro atoms. The first-order chi connectivity index (χ1) is 12.8. The minimum Gasteiger partial charge on any atom is -0.386 e. The molecule has 0 bridgehead atoms. The maximum absolute atomic E-state index is 12.4. The lowest BCUT2D eigenvalue weighted by atomic mass is 9.97. The van der Waals surface area contributed by atoms with Crippen LogP contribution < -0.4 is 5.73 Å². The zero-order valence-corrected chi connectivity index (χ0v) is 19.3. The number of rotatable bonds is 7. The van der Waals surface area contributed by atoms with E-state index in [2.05, 4.69) is 48.8 Å². The minimum atomic E-state index is -2.62. The smallest absolute Gasteiger partial charge is 0.172 e. The number of aliphatic hydroxyl groups is 2. The number of hydrogen-bond donors (Lipinski definition) is 3. The van der Waals surface area contributed by atoms with Crippen molar-refractivity contribution in [1.82, 2.24) is 19.5 Å². The number of hydrogen-bond acceptors (Lipinski definition) is 7. The number of nitrogens with two attached hydrogens (primary N) is 1. The number of fused-ring (bicyclic) bond motifs is 1. The highest BCUT2D eigenvalue weighted by Gasteiger charge is 2.66. The summed E-state index contributed by atoms with van der Waals surface area (Å²) < 4.78 is 7.44. The predicted molar refractivity (Wildman–Crippen MR) is 113 cm³/mol. The summed E-state index contributed by atoms with van der Waals surface area (Å²) in [4.78, 5) is 12.6. The quantitative estimate of drug-likeness (QED) is 0.601. The molecule has 0 radical (unpaired) electrons. The molecule has 2 aromatic heterocycles. The maximum atomic E-state index is 12.4. The third kappa shape index (κ3) is 3.04. The van der Waals surface area contributed by atoms with E-state index in [-0.39, 0.29) is 17.3 Å². The van der Waals surface area contributed by atoms with E-state index in [1.807, 2.05) is 20.8 Å². The minimum absolute atomic E-state index is 0.222. The number of ether oxygens (including phenoxy) is 1. The van der Waals surface area contributed by atoms with Crippen LogP contribution in [0.2, 0.25) is 18.1 Å². The van der Waals surface area contributed by atoms with Crippen LogP contribution in [0.15, 0.2) is 12.7 Å². The number of nitrogen functional groups attached to an aromatic ring is 1. The lowest BCUT2D eigenvalue weighted by Gasteiger charge is -2.58. The third-order valence-corrected chi connectivity index (χ3v) is 13.2. The highest BCUT2D eigenvalue weighted by molar-refractivity contribution is 6.83. The second kappa shape index (κ2) is 7.36. The molecule has 0 saturated carbocycles. The van der Waals surface area contributed by atoms with Gasteiger partial charge in [0.25, 0.3) is 0 Å². The van der Waals surface area contributed by atoms with Gasteiger partial charge in [0.05, 0.1) is 12.4 Å². The van der Waals surface area contributed by atoms with Crippen LogP contribution in [0.25, 0.3) is 11.2 Å². The van der Waals surface area contributed by atoms with E-state index in [1.165, 1.54) is 17.2 Å². The zero-order chi connectivity index (χ0) is 21.5. The molecule has 0 amide bonds. The van der Waals surface area contributed by atoms with Gasteiger partial charge in [0.15, 0.2) is 17.2 Å². The van der Waals surface area contributed by atoms with Crippen molar-refractivity contribution in [3.05, 3.63) is 12.7 Å². The molecule has 2 heterocycles. The van der Waals surface area contributed by atoms with E-state index < -0.39 is 25.1 Å². The fraction of sp³-hybridized carbons (Fsp3) is 0.737. The zero-order valence-electron chi connectivity index (χ0n) is 18.3. The first-order valence-corrected chi connectivity index (χ1v) is 12.8. The van der Waals surface area contributed by atoms with Gasteiger partial charge in [-0.2, -0.15) is 0 Å². The van der Waals surface area contributed by atoms with E-state index in [1.54, 1.807) is 0 Å². The normalized spacial score (nSPS) is 18.6. The van der Waals surface area contributed by atoms with Crippen LogP contribution in [-0.2, 0) is 10.5 Å². The summed E-state index contributed by atoms with van der Waals surface area (Å²) in [6.07, 6.45) is 2.45. The first-order valence-electron chi connectivity index (χ1n) is 9.79. The maximum Gasteiger partial charge on any atom is 0.172 e. The van der Waals surface area contributed by atoms with Crippen molar-refractivity contribution in [2.24, 2.45) is 0 Å². The topological polar surface area (TPSA) is 119 Å². The van der Waals surface area contributed by atoms with Crippen LogP contribution in [-0.4, -0.2) is 55.7 Å². The van der Waals surface area contributed by atoms with Gasteiger partial charge in [0.1, 0.15) is 25.1 Å². The summed E-state index contributed by atoms with van der Waals surface area (Å²) in [5.74, 6) is 0.232. The molecule has 0 fully saturated rings. The summed E-state index contributed by atoms with van der Waals surface area (Å²) in [6, 6.07) is 0. The first kappa shape index (κ1) is 22.7. The van der Waals surface area contributed by atoms with Crippen LogP contribution >= 0.6 is 0 Å². The van der Waals surface area contributed by atoms with Gasteiger partial charge < -0.3 is 20.7 Å². The van der Waals surface area contributed by atoms with Gasteiger partial charge in [0.2, 0.25) is 0 Å². The Hall–Kier alpha value is -1.55. The Morgan fingerprint density at radius 3 is 2.29 bits per heavy atom. The molecule has 8 nitrogen and oxygen atoms in total. The molecule has 158 valence electrons. The van der Waals surface area contributed by atoms with E-state index >= 15 is 0 Å². The number of aromatic nitrogens is 4. The van der Waals surface area contributed by atoms with Crippen molar-refractivity contribution in [2.45, 2.75) is 83.1 Å². The largest absolute Gasteiger partial charge is 0.386 e. The fourth-order valence-corrected chi connectivity index (χ4v) is 7.56. The second-order valence-corrected chi connectivity index (χ2v) is 14.5. The average Bonchev–Trinajstić information content (AvgIpc) is 3.05. The second-order valence-electron chi connectivity index (χ2n) is 8.95. The molecular weight excluding hydrogens is 374 g/mol. The van der Waals surface area contributed by atoms with Crippen molar-refractivity contribution in [2.75, 3.05) is 12.3 Å².